The number of nitrogens with one attached hydrogen (secondary N) is 1. The van der Waals surface area contributed by atoms with E-state index in [1.807, 2.05) is 49.5 Å². The Bertz CT molecular complexity index is 825. The second kappa shape index (κ2) is 5.14. The molecule has 0 saturated heterocycles. The molecule has 0 atom stereocenters. The summed E-state index contributed by atoms with van der Waals surface area (Å²) in [6.07, 6.45) is 1.83. The second-order valence-corrected chi connectivity index (χ2v) is 5.23. The number of aromatic nitrogens is 1. The van der Waals surface area contributed by atoms with Gasteiger partial charge in [0.2, 0.25) is 0 Å². The average Bonchev–Trinajstić information content (AvgIpc) is 2.92. The maximum Gasteiger partial charge on any atom is 0.323 e. The van der Waals surface area contributed by atoms with Crippen LogP contribution in [0.4, 0.5) is 16.2 Å². The molecule has 0 aliphatic carbocycles. The fourth-order valence-electron chi connectivity index (χ4n) is 2.37. The monoisotopic (exact) mass is 299 g/mol. The zero-order valence-electron chi connectivity index (χ0n) is 11.4. The maximum atomic E-state index is 12.0. The van der Waals surface area contributed by atoms with E-state index in [1.165, 1.54) is 4.90 Å². The molecule has 3 aromatic rings. The van der Waals surface area contributed by atoms with Crippen LogP contribution < -0.4 is 10.6 Å². The van der Waals surface area contributed by atoms with Gasteiger partial charge in [-0.05, 0) is 42.8 Å². The molecular weight excluding hydrogens is 286 g/mol. The lowest BCUT2D eigenvalue weighted by Crippen LogP contribution is -2.31. The van der Waals surface area contributed by atoms with Crippen molar-refractivity contribution in [3.63, 3.8) is 0 Å². The molecule has 0 spiro atoms. The summed E-state index contributed by atoms with van der Waals surface area (Å²) < 4.78 is 0. The molecule has 0 aliphatic heterocycles. The number of nitrogens with zero attached hydrogens (tertiary/aromatic N) is 1. The third kappa shape index (κ3) is 2.34. The first-order chi connectivity index (χ1) is 10.1. The molecular formula is C16H14ClN3O. The van der Waals surface area contributed by atoms with E-state index in [2.05, 4.69) is 4.98 Å². The number of nitrogens with two attached hydrogens (primary N) is 1. The van der Waals surface area contributed by atoms with Gasteiger partial charge in [-0.15, -0.1) is 0 Å². The summed E-state index contributed by atoms with van der Waals surface area (Å²) in [5, 5.41) is 1.52. The Morgan fingerprint density at radius 2 is 2.05 bits per heavy atom. The number of amides is 2. The van der Waals surface area contributed by atoms with Crippen LogP contribution in [-0.4, -0.2) is 11.0 Å². The van der Waals surface area contributed by atoms with Gasteiger partial charge in [-0.2, -0.15) is 0 Å². The Morgan fingerprint density at radius 3 is 2.76 bits per heavy atom. The van der Waals surface area contributed by atoms with Crippen LogP contribution >= 0.6 is 11.6 Å². The Kier molecular flexibility index (Phi) is 3.31. The van der Waals surface area contributed by atoms with Gasteiger partial charge in [-0.25, -0.2) is 4.79 Å². The van der Waals surface area contributed by atoms with Crippen molar-refractivity contribution in [2.45, 2.75) is 6.92 Å². The highest BCUT2D eigenvalue weighted by atomic mass is 35.5. The molecule has 2 amide bonds. The van der Waals surface area contributed by atoms with Crippen LogP contribution in [-0.2, 0) is 0 Å². The molecule has 0 saturated carbocycles. The number of primary amides is 1. The summed E-state index contributed by atoms with van der Waals surface area (Å²) in [7, 11) is 0. The number of urea groups is 1. The van der Waals surface area contributed by atoms with E-state index in [9.17, 15) is 4.79 Å². The number of fused-ring (bicyclic) bond motifs is 1. The highest BCUT2D eigenvalue weighted by Crippen LogP contribution is 2.33. The third-order valence-electron chi connectivity index (χ3n) is 3.45. The molecule has 1 aromatic heterocycles. The molecule has 0 aliphatic rings. The lowest BCUT2D eigenvalue weighted by molar-refractivity contribution is 0.256. The van der Waals surface area contributed by atoms with Gasteiger partial charge in [0.05, 0.1) is 11.4 Å². The highest BCUT2D eigenvalue weighted by molar-refractivity contribution is 6.31. The zero-order valence-corrected chi connectivity index (χ0v) is 12.2. The van der Waals surface area contributed by atoms with Crippen molar-refractivity contribution in [1.82, 2.24) is 4.98 Å². The van der Waals surface area contributed by atoms with Crippen molar-refractivity contribution in [3.05, 3.63) is 59.2 Å². The molecule has 5 heteroatoms. The van der Waals surface area contributed by atoms with E-state index in [1.54, 1.807) is 6.07 Å². The van der Waals surface area contributed by atoms with Crippen LogP contribution in [0.25, 0.3) is 10.9 Å². The smallest absolute Gasteiger partial charge is 0.323 e. The molecule has 1 heterocycles. The van der Waals surface area contributed by atoms with Gasteiger partial charge in [0, 0.05) is 22.1 Å². The molecule has 0 unspecified atom stereocenters. The summed E-state index contributed by atoms with van der Waals surface area (Å²) in [5.41, 5.74) is 8.84. The molecule has 21 heavy (non-hydrogen) atoms. The van der Waals surface area contributed by atoms with Crippen LogP contribution in [0.2, 0.25) is 5.02 Å². The fourth-order valence-corrected chi connectivity index (χ4v) is 2.54. The Labute approximate surface area is 127 Å². The molecule has 106 valence electrons. The van der Waals surface area contributed by atoms with Crippen molar-refractivity contribution >= 4 is 39.9 Å². The van der Waals surface area contributed by atoms with Crippen LogP contribution in [0.3, 0.4) is 0 Å². The van der Waals surface area contributed by atoms with Crippen LogP contribution in [0.15, 0.2) is 48.7 Å². The first-order valence-corrected chi connectivity index (χ1v) is 6.87. The van der Waals surface area contributed by atoms with Crippen molar-refractivity contribution in [1.29, 1.82) is 0 Å². The first-order valence-electron chi connectivity index (χ1n) is 6.50. The van der Waals surface area contributed by atoms with Crippen molar-refractivity contribution < 1.29 is 4.79 Å². The van der Waals surface area contributed by atoms with Crippen LogP contribution in [0, 0.1) is 6.92 Å². The van der Waals surface area contributed by atoms with Gasteiger partial charge in [-0.1, -0.05) is 23.7 Å². The molecule has 0 radical (unpaired) electrons. The quantitative estimate of drug-likeness (QED) is 0.726. The summed E-state index contributed by atoms with van der Waals surface area (Å²) in [5.74, 6) is 0. The summed E-state index contributed by atoms with van der Waals surface area (Å²) >= 11 is 6.16. The normalized spacial score (nSPS) is 10.8. The van der Waals surface area contributed by atoms with Crippen LogP contribution in [0.1, 0.15) is 5.56 Å². The number of aromatic amines is 1. The third-order valence-corrected chi connectivity index (χ3v) is 3.85. The lowest BCUT2D eigenvalue weighted by Gasteiger charge is -2.22. The van der Waals surface area contributed by atoms with Gasteiger partial charge in [0.1, 0.15) is 0 Å². The number of aryl methyl sites for hydroxylation is 1. The Morgan fingerprint density at radius 1 is 1.24 bits per heavy atom. The second-order valence-electron chi connectivity index (χ2n) is 4.82. The maximum absolute atomic E-state index is 12.0. The SMILES string of the molecule is Cc1ccc(N(C(N)=O)c2cccc3[nH]ccc23)cc1Cl. The number of rotatable bonds is 2. The van der Waals surface area contributed by atoms with E-state index in [4.69, 9.17) is 17.3 Å². The summed E-state index contributed by atoms with van der Waals surface area (Å²) in [4.78, 5) is 16.5. The fraction of sp³-hybridized carbons (Fsp3) is 0.0625. The minimum atomic E-state index is -0.552. The number of carbonyl (C=O) groups excluding carboxylic acids is 1. The predicted molar refractivity (Wildman–Crippen MR) is 86.2 cm³/mol. The molecule has 2 aromatic carbocycles. The van der Waals surface area contributed by atoms with E-state index in [0.29, 0.717) is 10.7 Å². The Balaban J connectivity index is 2.20. The predicted octanol–water partition coefficient (Wildman–Crippen LogP) is 4.35. The number of hydrogen-bond donors (Lipinski definition) is 2. The highest BCUT2D eigenvalue weighted by Gasteiger charge is 2.18. The van der Waals surface area contributed by atoms with Gasteiger partial charge in [0.25, 0.3) is 0 Å². The molecule has 0 bridgehead atoms. The van der Waals surface area contributed by atoms with Crippen molar-refractivity contribution in [3.8, 4) is 0 Å². The molecule has 4 nitrogen and oxygen atoms in total. The number of H-pyrrole nitrogens is 1. The van der Waals surface area contributed by atoms with Crippen molar-refractivity contribution in [2.24, 2.45) is 5.73 Å². The van der Waals surface area contributed by atoms with E-state index in [0.717, 1.165) is 22.2 Å². The van der Waals surface area contributed by atoms with Gasteiger partial charge in [0.15, 0.2) is 0 Å². The number of halogens is 1. The van der Waals surface area contributed by atoms with Gasteiger partial charge < -0.3 is 10.7 Å². The largest absolute Gasteiger partial charge is 0.361 e. The van der Waals surface area contributed by atoms with E-state index in [-0.39, 0.29) is 0 Å². The molecule has 3 N–H and O–H groups in total. The first kappa shape index (κ1) is 13.5. The topological polar surface area (TPSA) is 62.1 Å². The zero-order chi connectivity index (χ0) is 15.0. The lowest BCUT2D eigenvalue weighted by atomic mass is 10.1. The number of anilines is 2. The van der Waals surface area contributed by atoms with Gasteiger partial charge >= 0.3 is 6.03 Å². The Hall–Kier alpha value is -2.46. The van der Waals surface area contributed by atoms with Gasteiger partial charge in [-0.3, -0.25) is 4.90 Å². The number of hydrogen-bond acceptors (Lipinski definition) is 1. The molecule has 3 rings (SSSR count). The minimum absolute atomic E-state index is 0.552. The number of carbonyl (C=O) groups is 1. The summed E-state index contributed by atoms with van der Waals surface area (Å²) in [6, 6.07) is 12.5. The minimum Gasteiger partial charge on any atom is -0.361 e. The van der Waals surface area contributed by atoms with E-state index < -0.39 is 6.03 Å². The van der Waals surface area contributed by atoms with Crippen LogP contribution in [0.5, 0.6) is 0 Å². The number of benzene rings is 2. The average molecular weight is 300 g/mol. The van der Waals surface area contributed by atoms with Crippen molar-refractivity contribution in [2.75, 3.05) is 4.90 Å². The van der Waals surface area contributed by atoms with E-state index >= 15 is 0 Å². The summed E-state index contributed by atoms with van der Waals surface area (Å²) in [6.45, 7) is 1.91. The molecule has 0 fully saturated rings. The standard InChI is InChI=1S/C16H14ClN3O/c1-10-5-6-11(9-13(10)17)20(16(18)21)15-4-2-3-14-12(15)7-8-19-14/h2-9,19H,1H3,(H2,18,21).